The highest BCUT2D eigenvalue weighted by Crippen LogP contribution is 2.32. The van der Waals surface area contributed by atoms with Crippen LogP contribution in [0, 0.1) is 5.82 Å². The highest BCUT2D eigenvalue weighted by Gasteiger charge is 2.19. The minimum atomic E-state index is -0.308. The molecule has 2 aromatic carbocycles. The summed E-state index contributed by atoms with van der Waals surface area (Å²) in [5, 5.41) is 3.22. The molecule has 4 heteroatoms. The molecule has 21 heavy (non-hydrogen) atoms. The second kappa shape index (κ2) is 6.14. The molecule has 3 aromatic rings. The molecule has 0 saturated heterocycles. The minimum Gasteiger partial charge on any atom is -0.467 e. The van der Waals surface area contributed by atoms with Crippen molar-refractivity contribution in [2.75, 3.05) is 5.32 Å². The van der Waals surface area contributed by atoms with Gasteiger partial charge < -0.3 is 9.73 Å². The molecule has 1 aromatic heterocycles. The summed E-state index contributed by atoms with van der Waals surface area (Å²) < 4.78 is 20.2. The summed E-state index contributed by atoms with van der Waals surface area (Å²) in [5.41, 5.74) is 1.42. The number of hydrogen-bond acceptors (Lipinski definition) is 2. The van der Waals surface area contributed by atoms with Gasteiger partial charge in [0, 0.05) is 4.47 Å². The molecule has 2 nitrogen and oxygen atoms in total. The standard InChI is InChI=1S/C17H13BrFNO/c18-13-8-4-9-14(19)17(13)20-16(15-10-5-11-21-15)12-6-2-1-3-7-12/h1-11,16,20H. The van der Waals surface area contributed by atoms with E-state index in [2.05, 4.69) is 21.2 Å². The monoisotopic (exact) mass is 345 g/mol. The molecule has 1 heterocycles. The third-order valence-corrected chi connectivity index (χ3v) is 3.87. The van der Waals surface area contributed by atoms with E-state index in [-0.39, 0.29) is 11.9 Å². The van der Waals surface area contributed by atoms with Crippen LogP contribution in [0.4, 0.5) is 10.1 Å². The predicted molar refractivity (Wildman–Crippen MR) is 84.7 cm³/mol. The number of hydrogen-bond donors (Lipinski definition) is 1. The van der Waals surface area contributed by atoms with E-state index in [4.69, 9.17) is 4.42 Å². The third kappa shape index (κ3) is 3.00. The predicted octanol–water partition coefficient (Wildman–Crippen LogP) is 5.38. The number of rotatable bonds is 4. The number of benzene rings is 2. The van der Waals surface area contributed by atoms with E-state index < -0.39 is 0 Å². The van der Waals surface area contributed by atoms with Crippen LogP contribution in [0.1, 0.15) is 17.4 Å². The Hall–Kier alpha value is -2.07. The van der Waals surface area contributed by atoms with E-state index in [0.29, 0.717) is 10.2 Å². The maximum atomic E-state index is 14.0. The molecule has 0 radical (unpaired) electrons. The van der Waals surface area contributed by atoms with Crippen molar-refractivity contribution in [1.29, 1.82) is 0 Å². The van der Waals surface area contributed by atoms with Crippen molar-refractivity contribution in [3.8, 4) is 0 Å². The summed E-state index contributed by atoms with van der Waals surface area (Å²) in [7, 11) is 0. The fourth-order valence-corrected chi connectivity index (χ4v) is 2.66. The summed E-state index contributed by atoms with van der Waals surface area (Å²) in [6.07, 6.45) is 1.61. The van der Waals surface area contributed by atoms with Gasteiger partial charge in [-0.05, 0) is 45.8 Å². The van der Waals surface area contributed by atoms with E-state index >= 15 is 0 Å². The van der Waals surface area contributed by atoms with Gasteiger partial charge in [0.1, 0.15) is 17.6 Å². The van der Waals surface area contributed by atoms with Gasteiger partial charge in [0.2, 0.25) is 0 Å². The molecule has 0 bridgehead atoms. The Kier molecular flexibility index (Phi) is 4.06. The first-order valence-corrected chi connectivity index (χ1v) is 7.34. The Morgan fingerprint density at radius 1 is 0.952 bits per heavy atom. The molecule has 0 saturated carbocycles. The summed E-state index contributed by atoms with van der Waals surface area (Å²) in [5.74, 6) is 0.424. The average Bonchev–Trinajstić information content (AvgIpc) is 3.02. The van der Waals surface area contributed by atoms with E-state index in [1.165, 1.54) is 6.07 Å². The van der Waals surface area contributed by atoms with E-state index in [9.17, 15) is 4.39 Å². The van der Waals surface area contributed by atoms with Gasteiger partial charge in [-0.3, -0.25) is 0 Å². The number of anilines is 1. The zero-order valence-corrected chi connectivity index (χ0v) is 12.7. The zero-order chi connectivity index (χ0) is 14.7. The second-order valence-electron chi connectivity index (χ2n) is 4.60. The van der Waals surface area contributed by atoms with E-state index in [0.717, 1.165) is 11.3 Å². The summed E-state index contributed by atoms with van der Waals surface area (Å²) in [4.78, 5) is 0. The Labute approximate surface area is 130 Å². The SMILES string of the molecule is Fc1cccc(Br)c1NC(c1ccccc1)c1ccco1. The molecule has 106 valence electrons. The molecule has 1 unspecified atom stereocenters. The lowest BCUT2D eigenvalue weighted by atomic mass is 10.0. The molecule has 0 aliphatic carbocycles. The number of halogens is 2. The first kappa shape index (κ1) is 13.9. The lowest BCUT2D eigenvalue weighted by molar-refractivity contribution is 0.498. The van der Waals surface area contributed by atoms with Crippen molar-refractivity contribution in [3.63, 3.8) is 0 Å². The molecule has 0 aliphatic rings. The number of nitrogens with one attached hydrogen (secondary N) is 1. The molecule has 0 spiro atoms. The molecule has 0 aliphatic heterocycles. The van der Waals surface area contributed by atoms with Gasteiger partial charge in [-0.15, -0.1) is 0 Å². The van der Waals surface area contributed by atoms with Crippen molar-refractivity contribution in [2.45, 2.75) is 6.04 Å². The number of para-hydroxylation sites is 1. The summed E-state index contributed by atoms with van der Waals surface area (Å²) in [6, 6.07) is 18.1. The highest BCUT2D eigenvalue weighted by molar-refractivity contribution is 9.10. The molecule has 1 N–H and O–H groups in total. The Morgan fingerprint density at radius 2 is 1.76 bits per heavy atom. The van der Waals surface area contributed by atoms with Crippen molar-refractivity contribution < 1.29 is 8.81 Å². The molecule has 1 atom stereocenters. The second-order valence-corrected chi connectivity index (χ2v) is 5.45. The molecular formula is C17H13BrFNO. The van der Waals surface area contributed by atoms with Crippen LogP contribution in [0.2, 0.25) is 0 Å². The van der Waals surface area contributed by atoms with Crippen molar-refractivity contribution >= 4 is 21.6 Å². The lowest BCUT2D eigenvalue weighted by Crippen LogP contribution is -2.13. The van der Waals surface area contributed by atoms with Crippen LogP contribution >= 0.6 is 15.9 Å². The smallest absolute Gasteiger partial charge is 0.147 e. The molecule has 0 amide bonds. The van der Waals surface area contributed by atoms with Crippen molar-refractivity contribution in [2.24, 2.45) is 0 Å². The largest absolute Gasteiger partial charge is 0.467 e. The first-order valence-electron chi connectivity index (χ1n) is 6.54. The molecule has 0 fully saturated rings. The quantitative estimate of drug-likeness (QED) is 0.686. The van der Waals surface area contributed by atoms with Crippen LogP contribution < -0.4 is 5.32 Å². The Balaban J connectivity index is 2.01. The van der Waals surface area contributed by atoms with Crippen molar-refractivity contribution in [1.82, 2.24) is 0 Å². The van der Waals surface area contributed by atoms with Gasteiger partial charge in [-0.25, -0.2) is 4.39 Å². The maximum Gasteiger partial charge on any atom is 0.147 e. The van der Waals surface area contributed by atoms with Crippen LogP contribution in [0.5, 0.6) is 0 Å². The normalized spacial score (nSPS) is 12.1. The summed E-state index contributed by atoms with van der Waals surface area (Å²) in [6.45, 7) is 0. The fourth-order valence-electron chi connectivity index (χ4n) is 2.20. The van der Waals surface area contributed by atoms with Crippen LogP contribution in [0.25, 0.3) is 0 Å². The van der Waals surface area contributed by atoms with Crippen LogP contribution in [-0.2, 0) is 0 Å². The van der Waals surface area contributed by atoms with Crippen LogP contribution in [0.3, 0.4) is 0 Å². The van der Waals surface area contributed by atoms with Crippen molar-refractivity contribution in [3.05, 3.63) is 88.5 Å². The average molecular weight is 346 g/mol. The van der Waals surface area contributed by atoms with E-state index in [1.807, 2.05) is 42.5 Å². The van der Waals surface area contributed by atoms with Gasteiger partial charge in [-0.2, -0.15) is 0 Å². The zero-order valence-electron chi connectivity index (χ0n) is 11.1. The minimum absolute atomic E-state index is 0.255. The van der Waals surface area contributed by atoms with Crippen LogP contribution in [-0.4, -0.2) is 0 Å². The molecular weight excluding hydrogens is 333 g/mol. The van der Waals surface area contributed by atoms with Gasteiger partial charge in [0.15, 0.2) is 0 Å². The fraction of sp³-hybridized carbons (Fsp3) is 0.0588. The van der Waals surface area contributed by atoms with Gasteiger partial charge in [0.05, 0.1) is 12.0 Å². The Morgan fingerprint density at radius 3 is 2.43 bits per heavy atom. The lowest BCUT2D eigenvalue weighted by Gasteiger charge is -2.19. The van der Waals surface area contributed by atoms with Gasteiger partial charge in [-0.1, -0.05) is 36.4 Å². The van der Waals surface area contributed by atoms with E-state index in [1.54, 1.807) is 18.4 Å². The van der Waals surface area contributed by atoms with Gasteiger partial charge >= 0.3 is 0 Å². The molecule has 3 rings (SSSR count). The first-order chi connectivity index (χ1) is 10.3. The van der Waals surface area contributed by atoms with Gasteiger partial charge in [0.25, 0.3) is 0 Å². The Bertz CT molecular complexity index is 693. The third-order valence-electron chi connectivity index (χ3n) is 3.21. The summed E-state index contributed by atoms with van der Waals surface area (Å²) >= 11 is 3.38. The maximum absolute atomic E-state index is 14.0. The van der Waals surface area contributed by atoms with Crippen LogP contribution in [0.15, 0.2) is 75.8 Å². The number of furan rings is 1. The topological polar surface area (TPSA) is 25.2 Å². The highest BCUT2D eigenvalue weighted by atomic mass is 79.9.